The fourth-order valence-electron chi connectivity index (χ4n) is 1.30. The van der Waals surface area contributed by atoms with Gasteiger partial charge in [0.25, 0.3) is 0 Å². The minimum absolute atomic E-state index is 0.279. The molecule has 1 aromatic rings. The lowest BCUT2D eigenvalue weighted by Gasteiger charge is -1.97. The van der Waals surface area contributed by atoms with Crippen LogP contribution in [0.2, 0.25) is 0 Å². The summed E-state index contributed by atoms with van der Waals surface area (Å²) in [6.45, 7) is 0. The van der Waals surface area contributed by atoms with Gasteiger partial charge in [0, 0.05) is 0 Å². The van der Waals surface area contributed by atoms with Gasteiger partial charge < -0.3 is 4.74 Å². The molecule has 0 aliphatic rings. The lowest BCUT2D eigenvalue weighted by Crippen LogP contribution is -2.12. The average Bonchev–Trinajstić information content (AvgIpc) is 2.37. The van der Waals surface area contributed by atoms with E-state index in [1.165, 1.54) is 13.2 Å². The van der Waals surface area contributed by atoms with Crippen LogP contribution < -0.4 is 0 Å². The third-order valence-electron chi connectivity index (χ3n) is 2.20. The van der Waals surface area contributed by atoms with Crippen LogP contribution in [-0.2, 0) is 19.1 Å². The number of carbonyl (C=O) groups excluding carboxylic acids is 3. The number of allylic oxidation sites excluding steroid dienone is 1. The molecule has 0 bridgehead atoms. The molecule has 0 spiro atoms. The van der Waals surface area contributed by atoms with E-state index >= 15 is 0 Å². The number of ether oxygens (including phenoxy) is 1. The number of rotatable bonds is 6. The Labute approximate surface area is 105 Å². The molecule has 18 heavy (non-hydrogen) atoms. The number of benzene rings is 1. The summed E-state index contributed by atoms with van der Waals surface area (Å²) in [5, 5.41) is 0. The van der Waals surface area contributed by atoms with Crippen LogP contribution in [0.3, 0.4) is 0 Å². The highest BCUT2D eigenvalue weighted by Gasteiger charge is 2.12. The van der Waals surface area contributed by atoms with Crippen LogP contribution in [0.5, 0.6) is 0 Å². The Kier molecular flexibility index (Phi) is 5.51. The monoisotopic (exact) mass is 246 g/mol. The fourth-order valence-corrected chi connectivity index (χ4v) is 1.30. The Morgan fingerprint density at radius 3 is 2.39 bits per heavy atom. The lowest BCUT2D eigenvalue weighted by atomic mass is 10.1. The number of ketones is 2. The van der Waals surface area contributed by atoms with E-state index in [1.54, 1.807) is 6.08 Å². The van der Waals surface area contributed by atoms with Crippen molar-refractivity contribution in [1.82, 2.24) is 0 Å². The molecule has 0 heterocycles. The number of carbonyl (C=O) groups is 3. The van der Waals surface area contributed by atoms with E-state index in [1.807, 2.05) is 30.3 Å². The zero-order chi connectivity index (χ0) is 13.4. The number of Topliss-reactive ketones (excluding diaryl/α,β-unsaturated/α-hetero) is 1. The van der Waals surface area contributed by atoms with E-state index in [0.29, 0.717) is 0 Å². The summed E-state index contributed by atoms with van der Waals surface area (Å²) in [5.41, 5.74) is 0.881. The number of esters is 1. The molecule has 4 nitrogen and oxygen atoms in total. The van der Waals surface area contributed by atoms with E-state index in [4.69, 9.17) is 0 Å². The van der Waals surface area contributed by atoms with Crippen LogP contribution in [0.15, 0.2) is 36.4 Å². The fraction of sp³-hybridized carbons (Fsp3) is 0.214. The third kappa shape index (κ3) is 5.21. The zero-order valence-electron chi connectivity index (χ0n) is 10.1. The van der Waals surface area contributed by atoms with Gasteiger partial charge in [-0.2, -0.15) is 0 Å². The Morgan fingerprint density at radius 1 is 1.11 bits per heavy atom. The van der Waals surface area contributed by atoms with Crippen molar-refractivity contribution in [2.45, 2.75) is 12.8 Å². The molecule has 94 valence electrons. The maximum Gasteiger partial charge on any atom is 0.313 e. The molecule has 0 fully saturated rings. The molecule has 0 atom stereocenters. The Balaban J connectivity index is 2.45. The molecule has 0 aliphatic carbocycles. The summed E-state index contributed by atoms with van der Waals surface area (Å²) in [6, 6.07) is 9.28. The van der Waals surface area contributed by atoms with E-state index in [0.717, 1.165) is 5.56 Å². The van der Waals surface area contributed by atoms with Gasteiger partial charge in [-0.15, -0.1) is 0 Å². The highest BCUT2D eigenvalue weighted by Crippen LogP contribution is 2.02. The molecule has 0 aromatic heterocycles. The van der Waals surface area contributed by atoms with Crippen LogP contribution >= 0.6 is 0 Å². The normalized spacial score (nSPS) is 10.3. The molecule has 4 heteroatoms. The van der Waals surface area contributed by atoms with Gasteiger partial charge in [0.15, 0.2) is 11.6 Å². The molecule has 0 saturated heterocycles. The first kappa shape index (κ1) is 13.8. The summed E-state index contributed by atoms with van der Waals surface area (Å²) in [4.78, 5) is 33.5. The molecule has 0 aliphatic heterocycles. The first-order chi connectivity index (χ1) is 8.61. The maximum atomic E-state index is 11.4. The van der Waals surface area contributed by atoms with Gasteiger partial charge >= 0.3 is 5.97 Å². The molecule has 0 N–H and O–H groups in total. The van der Waals surface area contributed by atoms with Crippen molar-refractivity contribution >= 4 is 23.6 Å². The molecular weight excluding hydrogens is 232 g/mol. The average molecular weight is 246 g/mol. The standard InChI is InChI=1S/C14H14O4/c1-18-14(17)10-13(16)9-12(15)8-7-11-5-3-2-4-6-11/h2-8H,9-10H2,1H3/b8-7+. The molecule has 1 aromatic carbocycles. The molecule has 0 unspecified atom stereocenters. The van der Waals surface area contributed by atoms with E-state index in [2.05, 4.69) is 4.74 Å². The van der Waals surface area contributed by atoms with Crippen LogP contribution in [0.25, 0.3) is 6.08 Å². The van der Waals surface area contributed by atoms with Crippen molar-refractivity contribution in [3.63, 3.8) is 0 Å². The number of hydrogen-bond donors (Lipinski definition) is 0. The Bertz CT molecular complexity index is 460. The Morgan fingerprint density at radius 2 is 1.78 bits per heavy atom. The van der Waals surface area contributed by atoms with Gasteiger partial charge in [0.2, 0.25) is 0 Å². The molecule has 0 radical (unpaired) electrons. The van der Waals surface area contributed by atoms with Crippen molar-refractivity contribution in [2.24, 2.45) is 0 Å². The SMILES string of the molecule is COC(=O)CC(=O)CC(=O)/C=C/c1ccccc1. The first-order valence-electron chi connectivity index (χ1n) is 5.46. The van der Waals surface area contributed by atoms with E-state index in [9.17, 15) is 14.4 Å². The number of hydrogen-bond acceptors (Lipinski definition) is 4. The minimum Gasteiger partial charge on any atom is -0.469 e. The van der Waals surface area contributed by atoms with Crippen LogP contribution in [0.4, 0.5) is 0 Å². The van der Waals surface area contributed by atoms with Crippen molar-refractivity contribution in [2.75, 3.05) is 7.11 Å². The molecule has 0 saturated carbocycles. The second-order valence-electron chi connectivity index (χ2n) is 3.68. The van der Waals surface area contributed by atoms with Gasteiger partial charge in [-0.05, 0) is 11.6 Å². The van der Waals surface area contributed by atoms with Crippen LogP contribution in [0.1, 0.15) is 18.4 Å². The second kappa shape index (κ2) is 7.17. The van der Waals surface area contributed by atoms with Crippen LogP contribution in [0, 0.1) is 0 Å². The van der Waals surface area contributed by atoms with Crippen molar-refractivity contribution < 1.29 is 19.1 Å². The predicted molar refractivity (Wildman–Crippen MR) is 66.7 cm³/mol. The Hall–Kier alpha value is -2.23. The summed E-state index contributed by atoms with van der Waals surface area (Å²) in [5.74, 6) is -1.39. The second-order valence-corrected chi connectivity index (χ2v) is 3.68. The first-order valence-corrected chi connectivity index (χ1v) is 5.46. The number of methoxy groups -OCH3 is 1. The van der Waals surface area contributed by atoms with Gasteiger partial charge in [0.05, 0.1) is 13.5 Å². The quantitative estimate of drug-likeness (QED) is 0.436. The van der Waals surface area contributed by atoms with Gasteiger partial charge in [-0.1, -0.05) is 36.4 Å². The summed E-state index contributed by atoms with van der Waals surface area (Å²) >= 11 is 0. The van der Waals surface area contributed by atoms with Crippen molar-refractivity contribution in [1.29, 1.82) is 0 Å². The maximum absolute atomic E-state index is 11.4. The summed E-state index contributed by atoms with van der Waals surface area (Å²) < 4.78 is 4.34. The van der Waals surface area contributed by atoms with Gasteiger partial charge in [-0.3, -0.25) is 14.4 Å². The largest absolute Gasteiger partial charge is 0.469 e. The highest BCUT2D eigenvalue weighted by molar-refractivity contribution is 6.10. The topological polar surface area (TPSA) is 60.4 Å². The predicted octanol–water partition coefficient (Wildman–Crippen LogP) is 1.79. The lowest BCUT2D eigenvalue weighted by molar-refractivity contribution is -0.143. The highest BCUT2D eigenvalue weighted by atomic mass is 16.5. The van der Waals surface area contributed by atoms with E-state index in [-0.39, 0.29) is 18.6 Å². The van der Waals surface area contributed by atoms with Gasteiger partial charge in [-0.25, -0.2) is 0 Å². The van der Waals surface area contributed by atoms with Crippen molar-refractivity contribution in [3.05, 3.63) is 42.0 Å². The van der Waals surface area contributed by atoms with Crippen molar-refractivity contribution in [3.8, 4) is 0 Å². The summed E-state index contributed by atoms with van der Waals surface area (Å²) in [6.07, 6.45) is 2.33. The van der Waals surface area contributed by atoms with Gasteiger partial charge in [0.1, 0.15) is 6.42 Å². The molecule has 0 amide bonds. The van der Waals surface area contributed by atoms with Crippen LogP contribution in [-0.4, -0.2) is 24.6 Å². The smallest absolute Gasteiger partial charge is 0.313 e. The summed E-state index contributed by atoms with van der Waals surface area (Å²) in [7, 11) is 1.20. The molecule has 1 rings (SSSR count). The van der Waals surface area contributed by atoms with E-state index < -0.39 is 11.8 Å². The minimum atomic E-state index is -0.625. The third-order valence-corrected chi connectivity index (χ3v) is 2.20. The zero-order valence-corrected chi connectivity index (χ0v) is 10.1. The molecular formula is C14H14O4.